The summed E-state index contributed by atoms with van der Waals surface area (Å²) in [5, 5.41) is 9.27. The van der Waals surface area contributed by atoms with E-state index in [0.717, 1.165) is 22.4 Å². The van der Waals surface area contributed by atoms with Gasteiger partial charge < -0.3 is 5.32 Å². The first-order chi connectivity index (χ1) is 9.74. The number of amides is 1. The number of carbonyl (C=O) groups excluding carboxylic acids is 1. The minimum absolute atomic E-state index is 0.0152. The van der Waals surface area contributed by atoms with Gasteiger partial charge >= 0.3 is 0 Å². The van der Waals surface area contributed by atoms with Crippen LogP contribution in [-0.4, -0.2) is 30.4 Å². The zero-order chi connectivity index (χ0) is 13.9. The summed E-state index contributed by atoms with van der Waals surface area (Å²) in [5.41, 5.74) is 1.31. The number of carbonyl (C=O) groups is 1. The highest BCUT2D eigenvalue weighted by molar-refractivity contribution is 9.10. The number of hydrogen-bond donors (Lipinski definition) is 1. The number of rotatable bonds is 5. The number of thiophene rings is 2. The van der Waals surface area contributed by atoms with Crippen LogP contribution in [0.5, 0.6) is 0 Å². The van der Waals surface area contributed by atoms with Crippen LogP contribution in [0.4, 0.5) is 0 Å². The topological polar surface area (TPSA) is 32.3 Å². The van der Waals surface area contributed by atoms with Gasteiger partial charge in [0.15, 0.2) is 0 Å². The number of nitrogens with one attached hydrogen (secondary N) is 1. The van der Waals surface area contributed by atoms with Crippen molar-refractivity contribution >= 4 is 44.5 Å². The van der Waals surface area contributed by atoms with Gasteiger partial charge in [-0.15, -0.1) is 11.3 Å². The standard InChI is InChI=1S/C14H15BrN2OS2/c15-11-6-13(20-9-11)14(18)16-7-12(17-3-1-4-17)10-2-5-19-8-10/h2,5-6,8-9,12H,1,3-4,7H2,(H,16,18)/t12-/m0/s1. The summed E-state index contributed by atoms with van der Waals surface area (Å²) in [5.74, 6) is 0.0152. The maximum absolute atomic E-state index is 12.1. The SMILES string of the molecule is O=C(NC[C@@H](c1ccsc1)N1CCC1)c1cc(Br)cs1. The van der Waals surface area contributed by atoms with Crippen LogP contribution in [0.3, 0.4) is 0 Å². The molecule has 1 fully saturated rings. The van der Waals surface area contributed by atoms with Crippen LogP contribution in [0.25, 0.3) is 0 Å². The van der Waals surface area contributed by atoms with E-state index in [0.29, 0.717) is 12.6 Å². The predicted molar refractivity (Wildman–Crippen MR) is 87.6 cm³/mol. The van der Waals surface area contributed by atoms with Gasteiger partial charge in [0, 0.05) is 29.5 Å². The fourth-order valence-corrected chi connectivity index (χ4v) is 4.33. The van der Waals surface area contributed by atoms with Gasteiger partial charge in [-0.3, -0.25) is 9.69 Å². The van der Waals surface area contributed by atoms with Crippen molar-refractivity contribution in [1.82, 2.24) is 10.2 Å². The number of halogens is 1. The van der Waals surface area contributed by atoms with Gasteiger partial charge in [-0.05, 0) is 50.8 Å². The molecule has 20 heavy (non-hydrogen) atoms. The summed E-state index contributed by atoms with van der Waals surface area (Å²) < 4.78 is 0.963. The maximum atomic E-state index is 12.1. The first-order valence-electron chi connectivity index (χ1n) is 6.52. The number of nitrogens with zero attached hydrogens (tertiary/aromatic N) is 1. The molecule has 1 N–H and O–H groups in total. The largest absolute Gasteiger partial charge is 0.349 e. The molecule has 3 nitrogen and oxygen atoms in total. The predicted octanol–water partition coefficient (Wildman–Crippen LogP) is 3.75. The van der Waals surface area contributed by atoms with E-state index in [9.17, 15) is 4.79 Å². The minimum Gasteiger partial charge on any atom is -0.349 e. The molecule has 0 aromatic carbocycles. The molecule has 0 saturated carbocycles. The zero-order valence-electron chi connectivity index (χ0n) is 10.8. The van der Waals surface area contributed by atoms with Crippen LogP contribution in [0, 0.1) is 0 Å². The molecule has 0 spiro atoms. The molecule has 6 heteroatoms. The molecule has 0 bridgehead atoms. The van der Waals surface area contributed by atoms with Crippen LogP contribution >= 0.6 is 38.6 Å². The molecule has 1 saturated heterocycles. The zero-order valence-corrected chi connectivity index (χ0v) is 14.1. The third-order valence-electron chi connectivity index (χ3n) is 3.51. The van der Waals surface area contributed by atoms with E-state index in [4.69, 9.17) is 0 Å². The third-order valence-corrected chi connectivity index (χ3v) is 5.90. The smallest absolute Gasteiger partial charge is 0.261 e. The van der Waals surface area contributed by atoms with Crippen molar-refractivity contribution in [3.8, 4) is 0 Å². The molecule has 2 aromatic heterocycles. The molecule has 0 radical (unpaired) electrons. The van der Waals surface area contributed by atoms with E-state index in [2.05, 4.69) is 43.0 Å². The average Bonchev–Trinajstić information content (AvgIpc) is 3.02. The molecule has 1 atom stereocenters. The highest BCUT2D eigenvalue weighted by Crippen LogP contribution is 2.27. The van der Waals surface area contributed by atoms with Crippen LogP contribution in [0.1, 0.15) is 27.7 Å². The Morgan fingerprint density at radius 1 is 1.45 bits per heavy atom. The molecule has 0 aliphatic carbocycles. The summed E-state index contributed by atoms with van der Waals surface area (Å²) in [6.07, 6.45) is 1.26. The number of hydrogen-bond acceptors (Lipinski definition) is 4. The summed E-state index contributed by atoms with van der Waals surface area (Å²) >= 11 is 6.55. The van der Waals surface area contributed by atoms with Crippen molar-refractivity contribution in [1.29, 1.82) is 0 Å². The second-order valence-electron chi connectivity index (χ2n) is 4.80. The molecular weight excluding hydrogens is 356 g/mol. The molecule has 106 valence electrons. The van der Waals surface area contributed by atoms with Gasteiger partial charge in [-0.25, -0.2) is 0 Å². The summed E-state index contributed by atoms with van der Waals surface area (Å²) in [6, 6.07) is 4.33. The van der Waals surface area contributed by atoms with Gasteiger partial charge in [0.1, 0.15) is 0 Å². The van der Waals surface area contributed by atoms with Crippen molar-refractivity contribution in [2.75, 3.05) is 19.6 Å². The first-order valence-corrected chi connectivity index (χ1v) is 9.14. The Hall–Kier alpha value is -0.690. The minimum atomic E-state index is 0.0152. The van der Waals surface area contributed by atoms with Crippen molar-refractivity contribution in [2.24, 2.45) is 0 Å². The highest BCUT2D eigenvalue weighted by atomic mass is 79.9. The first kappa shape index (κ1) is 14.3. The quantitative estimate of drug-likeness (QED) is 0.868. The Labute approximate surface area is 134 Å². The van der Waals surface area contributed by atoms with Crippen molar-refractivity contribution in [3.63, 3.8) is 0 Å². The summed E-state index contributed by atoms with van der Waals surface area (Å²) in [4.78, 5) is 15.3. The lowest BCUT2D eigenvalue weighted by molar-refractivity contribution is 0.0889. The Kier molecular flexibility index (Phi) is 4.55. The Bertz CT molecular complexity index is 578. The lowest BCUT2D eigenvalue weighted by Gasteiger charge is -2.38. The van der Waals surface area contributed by atoms with Crippen molar-refractivity contribution in [2.45, 2.75) is 12.5 Å². The second-order valence-corrected chi connectivity index (χ2v) is 7.41. The lowest BCUT2D eigenvalue weighted by atomic mass is 10.0. The average molecular weight is 371 g/mol. The Balaban J connectivity index is 1.63. The highest BCUT2D eigenvalue weighted by Gasteiger charge is 2.26. The molecule has 1 aliphatic heterocycles. The van der Waals surface area contributed by atoms with E-state index >= 15 is 0 Å². The second kappa shape index (κ2) is 6.39. The molecule has 3 rings (SSSR count). The maximum Gasteiger partial charge on any atom is 0.261 e. The van der Waals surface area contributed by atoms with E-state index in [1.165, 1.54) is 23.3 Å². The molecule has 2 aromatic rings. The molecule has 1 amide bonds. The van der Waals surface area contributed by atoms with Gasteiger partial charge in [0.25, 0.3) is 5.91 Å². The van der Waals surface area contributed by atoms with Gasteiger partial charge in [-0.1, -0.05) is 0 Å². The van der Waals surface area contributed by atoms with Crippen LogP contribution in [0.2, 0.25) is 0 Å². The fourth-order valence-electron chi connectivity index (χ4n) is 2.28. The van der Waals surface area contributed by atoms with Gasteiger partial charge in [-0.2, -0.15) is 11.3 Å². The van der Waals surface area contributed by atoms with Crippen molar-refractivity contribution < 1.29 is 4.79 Å². The van der Waals surface area contributed by atoms with E-state index in [1.54, 1.807) is 11.3 Å². The molecule has 1 aliphatic rings. The van der Waals surface area contributed by atoms with Crippen LogP contribution in [0.15, 0.2) is 32.7 Å². The Morgan fingerprint density at radius 3 is 2.85 bits per heavy atom. The molecular formula is C14H15BrN2OS2. The molecule has 3 heterocycles. The van der Waals surface area contributed by atoms with Crippen LogP contribution < -0.4 is 5.32 Å². The van der Waals surface area contributed by atoms with Gasteiger partial charge in [0.05, 0.1) is 10.9 Å². The monoisotopic (exact) mass is 370 g/mol. The van der Waals surface area contributed by atoms with E-state index in [1.807, 2.05) is 11.4 Å². The summed E-state index contributed by atoms with van der Waals surface area (Å²) in [6.45, 7) is 2.92. The van der Waals surface area contributed by atoms with Gasteiger partial charge in [0.2, 0.25) is 0 Å². The normalized spacial score (nSPS) is 16.6. The van der Waals surface area contributed by atoms with Crippen molar-refractivity contribution in [3.05, 3.63) is 43.2 Å². The number of likely N-dealkylation sites (tertiary alicyclic amines) is 1. The third kappa shape index (κ3) is 3.14. The lowest BCUT2D eigenvalue weighted by Crippen LogP contribution is -2.44. The molecule has 0 unspecified atom stereocenters. The summed E-state index contributed by atoms with van der Waals surface area (Å²) in [7, 11) is 0. The van der Waals surface area contributed by atoms with E-state index < -0.39 is 0 Å². The Morgan fingerprint density at radius 2 is 2.30 bits per heavy atom. The van der Waals surface area contributed by atoms with Crippen LogP contribution in [-0.2, 0) is 0 Å². The van der Waals surface area contributed by atoms with E-state index in [-0.39, 0.29) is 5.91 Å². The fraction of sp³-hybridized carbons (Fsp3) is 0.357.